The van der Waals surface area contributed by atoms with Crippen LogP contribution in [0.1, 0.15) is 11.1 Å². The standard InChI is InChI=1S/C20H20N2O/c1-23-20-11-9-19(10-12-20)22(15-17-6-3-2-4-7-17)16-18-8-5-13-21-14-18/h2-14H,15-16H2,1H3. The molecule has 3 aromatic rings. The Balaban J connectivity index is 1.85. The molecule has 0 fully saturated rings. The highest BCUT2D eigenvalue weighted by molar-refractivity contribution is 5.50. The molecule has 0 radical (unpaired) electrons. The molecule has 1 heterocycles. The smallest absolute Gasteiger partial charge is 0.119 e. The largest absolute Gasteiger partial charge is 0.497 e. The summed E-state index contributed by atoms with van der Waals surface area (Å²) in [5, 5.41) is 0. The molecule has 0 aliphatic rings. The Morgan fingerprint density at radius 3 is 2.17 bits per heavy atom. The van der Waals surface area contributed by atoms with Gasteiger partial charge >= 0.3 is 0 Å². The van der Waals surface area contributed by atoms with E-state index in [1.54, 1.807) is 13.3 Å². The molecule has 3 heteroatoms. The summed E-state index contributed by atoms with van der Waals surface area (Å²) < 4.78 is 5.26. The monoisotopic (exact) mass is 304 g/mol. The molecule has 0 saturated heterocycles. The molecule has 0 aliphatic heterocycles. The molecule has 2 aromatic carbocycles. The van der Waals surface area contributed by atoms with Crippen LogP contribution in [0.25, 0.3) is 0 Å². The van der Waals surface area contributed by atoms with E-state index >= 15 is 0 Å². The molecule has 0 unspecified atom stereocenters. The summed E-state index contributed by atoms with van der Waals surface area (Å²) in [6.07, 6.45) is 3.72. The van der Waals surface area contributed by atoms with E-state index in [0.717, 1.165) is 18.8 Å². The Kier molecular flexibility index (Phi) is 4.89. The fraction of sp³-hybridized carbons (Fsp3) is 0.150. The van der Waals surface area contributed by atoms with Crippen molar-refractivity contribution in [2.75, 3.05) is 12.0 Å². The quantitative estimate of drug-likeness (QED) is 0.679. The molecule has 3 nitrogen and oxygen atoms in total. The zero-order valence-electron chi connectivity index (χ0n) is 13.2. The van der Waals surface area contributed by atoms with Crippen LogP contribution in [0, 0.1) is 0 Å². The van der Waals surface area contributed by atoms with Gasteiger partial charge in [-0.25, -0.2) is 0 Å². The van der Waals surface area contributed by atoms with E-state index in [1.807, 2.05) is 30.5 Å². The number of hydrogen-bond acceptors (Lipinski definition) is 3. The van der Waals surface area contributed by atoms with Gasteiger partial charge in [0.1, 0.15) is 5.75 Å². The zero-order chi connectivity index (χ0) is 15.9. The number of methoxy groups -OCH3 is 1. The molecule has 0 N–H and O–H groups in total. The first kappa shape index (κ1) is 15.1. The molecule has 0 aliphatic carbocycles. The molecule has 23 heavy (non-hydrogen) atoms. The highest BCUT2D eigenvalue weighted by atomic mass is 16.5. The van der Waals surface area contributed by atoms with Crippen LogP contribution in [0.2, 0.25) is 0 Å². The van der Waals surface area contributed by atoms with Crippen molar-refractivity contribution in [2.45, 2.75) is 13.1 Å². The van der Waals surface area contributed by atoms with Gasteiger partial charge in [-0.2, -0.15) is 0 Å². The fourth-order valence-corrected chi connectivity index (χ4v) is 2.55. The van der Waals surface area contributed by atoms with Gasteiger partial charge in [0, 0.05) is 31.2 Å². The predicted molar refractivity (Wildman–Crippen MR) is 93.6 cm³/mol. The minimum absolute atomic E-state index is 0.815. The van der Waals surface area contributed by atoms with Crippen molar-refractivity contribution >= 4 is 5.69 Å². The number of ether oxygens (including phenoxy) is 1. The molecule has 116 valence electrons. The van der Waals surface area contributed by atoms with E-state index in [2.05, 4.69) is 52.3 Å². The average molecular weight is 304 g/mol. The Bertz CT molecular complexity index is 670. The number of hydrogen-bond donors (Lipinski definition) is 0. The van der Waals surface area contributed by atoms with Crippen LogP contribution in [-0.4, -0.2) is 12.1 Å². The van der Waals surface area contributed by atoms with Gasteiger partial charge in [-0.05, 0) is 41.5 Å². The van der Waals surface area contributed by atoms with Gasteiger partial charge < -0.3 is 9.64 Å². The minimum Gasteiger partial charge on any atom is -0.497 e. The molecule has 0 atom stereocenters. The summed E-state index contributed by atoms with van der Waals surface area (Å²) in [5.41, 5.74) is 3.64. The lowest BCUT2D eigenvalue weighted by Crippen LogP contribution is -2.22. The van der Waals surface area contributed by atoms with Crippen LogP contribution in [0.15, 0.2) is 79.1 Å². The van der Waals surface area contributed by atoms with Crippen molar-refractivity contribution in [3.63, 3.8) is 0 Å². The summed E-state index contributed by atoms with van der Waals surface area (Å²) in [6, 6.07) is 22.8. The number of pyridine rings is 1. The summed E-state index contributed by atoms with van der Waals surface area (Å²) >= 11 is 0. The lowest BCUT2D eigenvalue weighted by Gasteiger charge is -2.25. The maximum Gasteiger partial charge on any atom is 0.119 e. The second-order valence-corrected chi connectivity index (χ2v) is 5.40. The first-order valence-corrected chi connectivity index (χ1v) is 7.67. The van der Waals surface area contributed by atoms with Crippen LogP contribution in [-0.2, 0) is 13.1 Å². The van der Waals surface area contributed by atoms with Gasteiger partial charge in [0.2, 0.25) is 0 Å². The molecule has 0 spiro atoms. The Morgan fingerprint density at radius 2 is 1.52 bits per heavy atom. The normalized spacial score (nSPS) is 10.3. The first-order valence-electron chi connectivity index (χ1n) is 7.67. The number of rotatable bonds is 6. The Hall–Kier alpha value is -2.81. The molecule has 0 saturated carbocycles. The highest BCUT2D eigenvalue weighted by Gasteiger charge is 2.09. The maximum atomic E-state index is 5.26. The zero-order valence-corrected chi connectivity index (χ0v) is 13.2. The van der Waals surface area contributed by atoms with Crippen molar-refractivity contribution < 1.29 is 4.74 Å². The van der Waals surface area contributed by atoms with Crippen LogP contribution in [0.3, 0.4) is 0 Å². The third kappa shape index (κ3) is 4.10. The highest BCUT2D eigenvalue weighted by Crippen LogP contribution is 2.23. The average Bonchev–Trinajstić information content (AvgIpc) is 2.63. The third-order valence-corrected chi connectivity index (χ3v) is 3.75. The maximum absolute atomic E-state index is 5.26. The van der Waals surface area contributed by atoms with Gasteiger partial charge in [-0.3, -0.25) is 4.98 Å². The van der Waals surface area contributed by atoms with E-state index in [4.69, 9.17) is 4.74 Å². The lowest BCUT2D eigenvalue weighted by molar-refractivity contribution is 0.415. The van der Waals surface area contributed by atoms with Gasteiger partial charge in [0.05, 0.1) is 7.11 Å². The van der Waals surface area contributed by atoms with E-state index < -0.39 is 0 Å². The van der Waals surface area contributed by atoms with Crippen molar-refractivity contribution in [3.05, 3.63) is 90.3 Å². The van der Waals surface area contributed by atoms with Crippen LogP contribution < -0.4 is 9.64 Å². The molecule has 0 amide bonds. The van der Waals surface area contributed by atoms with Crippen LogP contribution in [0.5, 0.6) is 5.75 Å². The minimum atomic E-state index is 0.815. The Morgan fingerprint density at radius 1 is 0.826 bits per heavy atom. The molecular formula is C20H20N2O. The van der Waals surface area contributed by atoms with E-state index in [9.17, 15) is 0 Å². The molecule has 3 rings (SSSR count). The van der Waals surface area contributed by atoms with Crippen molar-refractivity contribution in [2.24, 2.45) is 0 Å². The van der Waals surface area contributed by atoms with Gasteiger partial charge in [-0.15, -0.1) is 0 Å². The molecular weight excluding hydrogens is 284 g/mol. The predicted octanol–water partition coefficient (Wildman–Crippen LogP) is 4.30. The van der Waals surface area contributed by atoms with E-state index in [-0.39, 0.29) is 0 Å². The van der Waals surface area contributed by atoms with Crippen LogP contribution in [0.4, 0.5) is 5.69 Å². The summed E-state index contributed by atoms with van der Waals surface area (Å²) in [7, 11) is 1.69. The summed E-state index contributed by atoms with van der Waals surface area (Å²) in [4.78, 5) is 6.56. The second kappa shape index (κ2) is 7.45. The Labute approximate surface area is 137 Å². The van der Waals surface area contributed by atoms with Gasteiger partial charge in [0.15, 0.2) is 0 Å². The lowest BCUT2D eigenvalue weighted by atomic mass is 10.1. The number of benzene rings is 2. The topological polar surface area (TPSA) is 25.4 Å². The molecule has 1 aromatic heterocycles. The fourth-order valence-electron chi connectivity index (χ4n) is 2.55. The van der Waals surface area contributed by atoms with Crippen LogP contribution >= 0.6 is 0 Å². The number of nitrogens with zero attached hydrogens (tertiary/aromatic N) is 2. The van der Waals surface area contributed by atoms with Gasteiger partial charge in [0.25, 0.3) is 0 Å². The third-order valence-electron chi connectivity index (χ3n) is 3.75. The second-order valence-electron chi connectivity index (χ2n) is 5.40. The van der Waals surface area contributed by atoms with Crippen molar-refractivity contribution in [1.82, 2.24) is 4.98 Å². The van der Waals surface area contributed by atoms with Crippen molar-refractivity contribution in [1.29, 1.82) is 0 Å². The van der Waals surface area contributed by atoms with Crippen molar-refractivity contribution in [3.8, 4) is 5.75 Å². The summed E-state index contributed by atoms with van der Waals surface area (Å²) in [5.74, 6) is 0.870. The van der Waals surface area contributed by atoms with E-state index in [1.165, 1.54) is 16.8 Å². The number of aromatic nitrogens is 1. The number of anilines is 1. The SMILES string of the molecule is COc1ccc(N(Cc2ccccc2)Cc2cccnc2)cc1. The summed E-state index contributed by atoms with van der Waals surface area (Å²) in [6.45, 7) is 1.66. The first-order chi connectivity index (χ1) is 11.3. The van der Waals surface area contributed by atoms with E-state index in [0.29, 0.717) is 0 Å². The van der Waals surface area contributed by atoms with Gasteiger partial charge in [-0.1, -0.05) is 36.4 Å². The molecule has 0 bridgehead atoms.